The molecule has 0 saturated carbocycles. The summed E-state index contributed by atoms with van der Waals surface area (Å²) in [4.78, 5) is 4.84. The summed E-state index contributed by atoms with van der Waals surface area (Å²) in [5, 5.41) is 5.80. The number of nitrogens with two attached hydrogens (primary N) is 2. The van der Waals surface area contributed by atoms with E-state index in [2.05, 4.69) is 4.84 Å². The van der Waals surface area contributed by atoms with Crippen molar-refractivity contribution in [2.24, 2.45) is 11.0 Å². The van der Waals surface area contributed by atoms with E-state index in [1.165, 1.54) is 0 Å². The minimum absolute atomic E-state index is 0.0574. The molecule has 1 unspecified atom stereocenters. The highest BCUT2D eigenvalue weighted by Gasteiger charge is 2.27. The molecule has 5 N–H and O–H groups in total. The molecular formula is C14H24N2O4S. The van der Waals surface area contributed by atoms with Gasteiger partial charge in [0.1, 0.15) is 18.5 Å². The Hall–Kier alpha value is -0.990. The molecule has 1 aliphatic heterocycles. The van der Waals surface area contributed by atoms with E-state index in [1.807, 2.05) is 13.0 Å². The SMILES string of the molecule is CCCCS(N)(=O)(O)c1ccc2c(c1)OC(CON)CC2. The maximum absolute atomic E-state index is 12.7. The second kappa shape index (κ2) is 6.02. The molecule has 21 heavy (non-hydrogen) atoms. The average Bonchev–Trinajstić information content (AvgIpc) is 2.44. The summed E-state index contributed by atoms with van der Waals surface area (Å²) in [7, 11) is -4.30. The Bertz CT molecular complexity index is 570. The molecule has 6 nitrogen and oxygen atoms in total. The molecule has 0 bridgehead atoms. The summed E-state index contributed by atoms with van der Waals surface area (Å²) in [5.41, 5.74) is 1.01. The van der Waals surface area contributed by atoms with E-state index in [-0.39, 0.29) is 16.8 Å². The monoisotopic (exact) mass is 316 g/mol. The maximum atomic E-state index is 12.7. The van der Waals surface area contributed by atoms with Gasteiger partial charge in [-0.1, -0.05) is 19.4 Å². The Morgan fingerprint density at radius 3 is 2.95 bits per heavy atom. The van der Waals surface area contributed by atoms with Gasteiger partial charge in [-0.15, -0.1) is 9.53 Å². The lowest BCUT2D eigenvalue weighted by atomic mass is 10.0. The topological polar surface area (TPSA) is 108 Å². The van der Waals surface area contributed by atoms with Gasteiger partial charge < -0.3 is 9.57 Å². The quantitative estimate of drug-likeness (QED) is 0.691. The van der Waals surface area contributed by atoms with Gasteiger partial charge >= 0.3 is 0 Å². The van der Waals surface area contributed by atoms with Crippen LogP contribution in [0.4, 0.5) is 0 Å². The van der Waals surface area contributed by atoms with E-state index in [4.69, 9.17) is 15.8 Å². The van der Waals surface area contributed by atoms with Crippen LogP contribution in [0.3, 0.4) is 0 Å². The zero-order chi connectivity index (χ0) is 15.5. The lowest BCUT2D eigenvalue weighted by Gasteiger charge is -2.39. The van der Waals surface area contributed by atoms with Gasteiger partial charge in [0.05, 0.1) is 10.6 Å². The fraction of sp³-hybridized carbons (Fsp3) is 0.571. The van der Waals surface area contributed by atoms with Crippen LogP contribution >= 0.6 is 0 Å². The molecule has 0 fully saturated rings. The van der Waals surface area contributed by atoms with E-state index in [9.17, 15) is 8.76 Å². The van der Waals surface area contributed by atoms with Gasteiger partial charge in [0.15, 0.2) is 0 Å². The molecule has 120 valence electrons. The predicted octanol–water partition coefficient (Wildman–Crippen LogP) is 1.60. The molecule has 1 aromatic carbocycles. The highest BCUT2D eigenvalue weighted by atomic mass is 32.3. The summed E-state index contributed by atoms with van der Waals surface area (Å²) < 4.78 is 28.8. The normalized spacial score (nSPS) is 20.2. The summed E-state index contributed by atoms with van der Waals surface area (Å²) in [6, 6.07) is 5.03. The molecule has 1 aromatic rings. The molecule has 2 rings (SSSR count). The average molecular weight is 316 g/mol. The van der Waals surface area contributed by atoms with Crippen molar-refractivity contribution in [3.63, 3.8) is 0 Å². The van der Waals surface area contributed by atoms with E-state index in [0.717, 1.165) is 24.8 Å². The lowest BCUT2D eigenvalue weighted by molar-refractivity contribution is 0.0396. The first-order valence-electron chi connectivity index (χ1n) is 7.16. The van der Waals surface area contributed by atoms with Gasteiger partial charge in [0.25, 0.3) is 0 Å². The number of rotatable bonds is 6. The number of fused-ring (bicyclic) bond motifs is 1. The number of hydrogen-bond donors (Lipinski definition) is 3. The van der Waals surface area contributed by atoms with Crippen molar-refractivity contribution < 1.29 is 18.3 Å². The minimum atomic E-state index is -4.30. The van der Waals surface area contributed by atoms with Crippen LogP contribution in [-0.2, 0) is 20.8 Å². The standard InChI is InChI=1S/C14H24N2O4S/c1-2-3-8-21(16,17,18)13-7-5-11-4-6-12(10-19-15)20-14(11)9-13/h5,7,9,12H,2-4,6,8,10,15H2,1H3,(H3,16,17,18). The molecule has 0 aromatic heterocycles. The Kier molecular flexibility index (Phi) is 4.69. The third-order valence-corrected chi connectivity index (χ3v) is 6.09. The number of unbranched alkanes of at least 4 members (excludes halogenated alkanes) is 1. The fourth-order valence-corrected chi connectivity index (χ4v) is 4.24. The van der Waals surface area contributed by atoms with Crippen molar-refractivity contribution in [3.05, 3.63) is 23.8 Å². The van der Waals surface area contributed by atoms with Crippen molar-refractivity contribution in [1.82, 2.24) is 0 Å². The summed E-state index contributed by atoms with van der Waals surface area (Å²) in [6.45, 7) is 2.25. The molecule has 0 saturated heterocycles. The maximum Gasteiger partial charge on any atom is 0.124 e. The van der Waals surface area contributed by atoms with Crippen LogP contribution in [0.25, 0.3) is 0 Å². The lowest BCUT2D eigenvalue weighted by Crippen LogP contribution is -2.45. The van der Waals surface area contributed by atoms with Crippen molar-refractivity contribution >= 4 is 9.53 Å². The Morgan fingerprint density at radius 1 is 1.52 bits per heavy atom. The Balaban J connectivity index is 2.28. The van der Waals surface area contributed by atoms with E-state index < -0.39 is 9.53 Å². The summed E-state index contributed by atoms with van der Waals surface area (Å²) in [6.07, 6.45) is 2.89. The number of benzene rings is 1. The van der Waals surface area contributed by atoms with Crippen molar-refractivity contribution in [2.45, 2.75) is 43.6 Å². The fourth-order valence-electron chi connectivity index (χ4n) is 2.44. The molecule has 7 heteroatoms. The van der Waals surface area contributed by atoms with Crippen LogP contribution in [-0.4, -0.2) is 27.2 Å². The second-order valence-electron chi connectivity index (χ2n) is 5.57. The van der Waals surface area contributed by atoms with Crippen LogP contribution in [0.2, 0.25) is 0 Å². The van der Waals surface area contributed by atoms with Crippen molar-refractivity contribution in [3.8, 4) is 5.75 Å². The highest BCUT2D eigenvalue weighted by molar-refractivity contribution is 8.13. The van der Waals surface area contributed by atoms with Gasteiger partial charge in [-0.05, 0) is 30.9 Å². The third kappa shape index (κ3) is 3.81. The van der Waals surface area contributed by atoms with Crippen LogP contribution in [0.5, 0.6) is 5.75 Å². The first-order chi connectivity index (χ1) is 9.84. The first-order valence-corrected chi connectivity index (χ1v) is 9.31. The van der Waals surface area contributed by atoms with Gasteiger partial charge in [-0.3, -0.25) is 4.55 Å². The number of ether oxygens (including phenoxy) is 1. The number of aryl methyl sites for hydroxylation is 1. The number of hydrogen-bond acceptors (Lipinski definition) is 4. The minimum Gasteiger partial charge on any atom is -0.488 e. The summed E-state index contributed by atoms with van der Waals surface area (Å²) in [5.74, 6) is 5.72. The van der Waals surface area contributed by atoms with Crippen molar-refractivity contribution in [2.75, 3.05) is 12.4 Å². The van der Waals surface area contributed by atoms with Gasteiger partial charge in [-0.2, -0.15) is 4.21 Å². The molecule has 0 aliphatic carbocycles. The zero-order valence-electron chi connectivity index (χ0n) is 12.3. The van der Waals surface area contributed by atoms with E-state index >= 15 is 0 Å². The molecule has 0 amide bonds. The van der Waals surface area contributed by atoms with Gasteiger partial charge in [0, 0.05) is 6.07 Å². The predicted molar refractivity (Wildman–Crippen MR) is 82.3 cm³/mol. The largest absolute Gasteiger partial charge is 0.488 e. The second-order valence-corrected chi connectivity index (χ2v) is 8.70. The molecule has 0 radical (unpaired) electrons. The highest BCUT2D eigenvalue weighted by Crippen LogP contribution is 2.35. The smallest absolute Gasteiger partial charge is 0.124 e. The Labute approximate surface area is 125 Å². The molecule has 1 atom stereocenters. The molecule has 1 aliphatic rings. The van der Waals surface area contributed by atoms with Gasteiger partial charge in [0.2, 0.25) is 0 Å². The third-order valence-electron chi connectivity index (χ3n) is 3.75. The van der Waals surface area contributed by atoms with Gasteiger partial charge in [-0.25, -0.2) is 11.0 Å². The van der Waals surface area contributed by atoms with Crippen LogP contribution in [0, 0.1) is 0 Å². The van der Waals surface area contributed by atoms with E-state index in [1.54, 1.807) is 12.1 Å². The van der Waals surface area contributed by atoms with Crippen LogP contribution in [0.1, 0.15) is 31.7 Å². The van der Waals surface area contributed by atoms with E-state index in [0.29, 0.717) is 18.8 Å². The molecule has 0 spiro atoms. The first kappa shape index (κ1) is 16.4. The zero-order valence-corrected chi connectivity index (χ0v) is 13.1. The molecular weight excluding hydrogens is 292 g/mol. The summed E-state index contributed by atoms with van der Waals surface area (Å²) >= 11 is 0. The Morgan fingerprint density at radius 2 is 2.29 bits per heavy atom. The van der Waals surface area contributed by atoms with Crippen LogP contribution < -0.4 is 15.8 Å². The molecule has 1 heterocycles. The van der Waals surface area contributed by atoms with Crippen LogP contribution in [0.15, 0.2) is 23.1 Å². The van der Waals surface area contributed by atoms with Crippen molar-refractivity contribution in [1.29, 1.82) is 0 Å².